The number of nitrogens with one attached hydrogen (secondary N) is 1. The summed E-state index contributed by atoms with van der Waals surface area (Å²) in [7, 11) is 1.64. The van der Waals surface area contributed by atoms with Gasteiger partial charge in [-0.3, -0.25) is 4.79 Å². The summed E-state index contributed by atoms with van der Waals surface area (Å²) >= 11 is 0. The van der Waals surface area contributed by atoms with Crippen molar-refractivity contribution in [3.63, 3.8) is 0 Å². The van der Waals surface area contributed by atoms with E-state index in [1.54, 1.807) is 20.2 Å². The van der Waals surface area contributed by atoms with Crippen LogP contribution < -0.4 is 15.0 Å². The summed E-state index contributed by atoms with van der Waals surface area (Å²) in [6, 6.07) is 9.51. The maximum Gasteiger partial charge on any atom is 0.227 e. The van der Waals surface area contributed by atoms with Crippen LogP contribution in [0.1, 0.15) is 6.92 Å². The van der Waals surface area contributed by atoms with Crippen LogP contribution in [-0.4, -0.2) is 54.1 Å². The Kier molecular flexibility index (Phi) is 4.79. The van der Waals surface area contributed by atoms with Gasteiger partial charge in [0.1, 0.15) is 11.6 Å². The Bertz CT molecular complexity index is 714. The number of ether oxygens (including phenoxy) is 1. The fourth-order valence-electron chi connectivity index (χ4n) is 2.68. The van der Waals surface area contributed by atoms with Crippen molar-refractivity contribution >= 4 is 23.4 Å². The van der Waals surface area contributed by atoms with E-state index in [1.807, 2.05) is 35.2 Å². The van der Waals surface area contributed by atoms with Crippen LogP contribution in [0.2, 0.25) is 0 Å². The molecule has 0 saturated carbocycles. The molecule has 126 valence electrons. The average molecular weight is 327 g/mol. The van der Waals surface area contributed by atoms with Crippen molar-refractivity contribution in [2.75, 3.05) is 43.5 Å². The Labute approximate surface area is 141 Å². The molecular formula is C17H21N5O2. The molecular weight excluding hydrogens is 306 g/mol. The van der Waals surface area contributed by atoms with Crippen LogP contribution >= 0.6 is 0 Å². The van der Waals surface area contributed by atoms with Crippen molar-refractivity contribution in [1.82, 2.24) is 14.9 Å². The molecule has 0 bridgehead atoms. The molecule has 1 aromatic heterocycles. The number of rotatable bonds is 4. The molecule has 1 saturated heterocycles. The monoisotopic (exact) mass is 327 g/mol. The van der Waals surface area contributed by atoms with Crippen LogP contribution in [0, 0.1) is 0 Å². The number of carbonyl (C=O) groups excluding carboxylic acids is 1. The molecule has 1 amide bonds. The first-order valence-electron chi connectivity index (χ1n) is 7.91. The normalized spacial score (nSPS) is 14.4. The number of hydrogen-bond acceptors (Lipinski definition) is 6. The molecule has 2 heterocycles. The van der Waals surface area contributed by atoms with Gasteiger partial charge in [0.15, 0.2) is 0 Å². The quantitative estimate of drug-likeness (QED) is 0.925. The zero-order chi connectivity index (χ0) is 16.9. The second-order valence-corrected chi connectivity index (χ2v) is 5.56. The zero-order valence-corrected chi connectivity index (χ0v) is 13.9. The van der Waals surface area contributed by atoms with E-state index in [4.69, 9.17) is 4.74 Å². The van der Waals surface area contributed by atoms with E-state index >= 15 is 0 Å². The van der Waals surface area contributed by atoms with E-state index in [0.717, 1.165) is 24.5 Å². The highest BCUT2D eigenvalue weighted by Crippen LogP contribution is 2.26. The Hall–Kier alpha value is -2.83. The molecule has 0 spiro atoms. The number of amides is 1. The van der Waals surface area contributed by atoms with E-state index in [9.17, 15) is 4.79 Å². The van der Waals surface area contributed by atoms with Crippen LogP contribution in [0.15, 0.2) is 36.5 Å². The minimum absolute atomic E-state index is 0.113. The lowest BCUT2D eigenvalue weighted by Crippen LogP contribution is -2.48. The topological polar surface area (TPSA) is 70.6 Å². The number of anilines is 3. The Morgan fingerprint density at radius 3 is 2.62 bits per heavy atom. The van der Waals surface area contributed by atoms with Crippen LogP contribution in [0.25, 0.3) is 0 Å². The third-order valence-corrected chi connectivity index (χ3v) is 4.02. The minimum Gasteiger partial charge on any atom is -0.495 e. The molecule has 7 heteroatoms. The Balaban J connectivity index is 1.72. The standard InChI is InChI=1S/C17H21N5O2/c1-13(23)21-9-11-22(12-10-21)17-18-8-7-16(20-17)19-14-5-3-4-6-15(14)24-2/h3-8H,9-12H2,1-2H3,(H,18,19,20). The highest BCUT2D eigenvalue weighted by molar-refractivity contribution is 5.73. The van der Waals surface area contributed by atoms with E-state index in [2.05, 4.69) is 20.2 Å². The molecule has 0 unspecified atom stereocenters. The van der Waals surface area contributed by atoms with Crippen molar-refractivity contribution in [2.45, 2.75) is 6.92 Å². The van der Waals surface area contributed by atoms with Crippen LogP contribution in [-0.2, 0) is 4.79 Å². The SMILES string of the molecule is COc1ccccc1Nc1ccnc(N2CCN(C(C)=O)CC2)n1. The summed E-state index contributed by atoms with van der Waals surface area (Å²) < 4.78 is 5.34. The first-order chi connectivity index (χ1) is 11.7. The van der Waals surface area contributed by atoms with Crippen molar-refractivity contribution in [1.29, 1.82) is 0 Å². The highest BCUT2D eigenvalue weighted by Gasteiger charge is 2.20. The number of hydrogen-bond donors (Lipinski definition) is 1. The predicted octanol–water partition coefficient (Wildman–Crippen LogP) is 1.90. The molecule has 3 rings (SSSR count). The summed E-state index contributed by atoms with van der Waals surface area (Å²) in [5, 5.41) is 3.26. The maximum absolute atomic E-state index is 11.4. The zero-order valence-electron chi connectivity index (χ0n) is 13.9. The van der Waals surface area contributed by atoms with Crippen molar-refractivity contribution < 1.29 is 9.53 Å². The van der Waals surface area contributed by atoms with Gasteiger partial charge in [-0.15, -0.1) is 0 Å². The number of aromatic nitrogens is 2. The van der Waals surface area contributed by atoms with Gasteiger partial charge in [-0.2, -0.15) is 4.98 Å². The summed E-state index contributed by atoms with van der Waals surface area (Å²) in [4.78, 5) is 24.3. The lowest BCUT2D eigenvalue weighted by molar-refractivity contribution is -0.129. The lowest BCUT2D eigenvalue weighted by Gasteiger charge is -2.34. The number of benzene rings is 1. The van der Waals surface area contributed by atoms with Crippen LogP contribution in [0.4, 0.5) is 17.5 Å². The first-order valence-corrected chi connectivity index (χ1v) is 7.91. The second kappa shape index (κ2) is 7.16. The third kappa shape index (κ3) is 3.56. The fourth-order valence-corrected chi connectivity index (χ4v) is 2.68. The summed E-state index contributed by atoms with van der Waals surface area (Å²) in [5.74, 6) is 2.24. The third-order valence-electron chi connectivity index (χ3n) is 4.02. The molecule has 7 nitrogen and oxygen atoms in total. The first kappa shape index (κ1) is 16.0. The number of nitrogens with zero attached hydrogens (tertiary/aromatic N) is 4. The summed E-state index contributed by atoms with van der Waals surface area (Å²) in [6.45, 7) is 4.46. The number of carbonyl (C=O) groups is 1. The van der Waals surface area contributed by atoms with E-state index < -0.39 is 0 Å². The van der Waals surface area contributed by atoms with Crippen molar-refractivity contribution in [3.05, 3.63) is 36.5 Å². The number of piperazine rings is 1. The molecule has 1 fully saturated rings. The van der Waals surface area contributed by atoms with Crippen LogP contribution in [0.3, 0.4) is 0 Å². The largest absolute Gasteiger partial charge is 0.495 e. The van der Waals surface area contributed by atoms with Gasteiger partial charge >= 0.3 is 0 Å². The van der Waals surface area contributed by atoms with Crippen molar-refractivity contribution in [2.24, 2.45) is 0 Å². The maximum atomic E-state index is 11.4. The molecule has 24 heavy (non-hydrogen) atoms. The van der Waals surface area contributed by atoms with E-state index in [1.165, 1.54) is 0 Å². The molecule has 1 N–H and O–H groups in total. The van der Waals surface area contributed by atoms with Crippen molar-refractivity contribution in [3.8, 4) is 5.75 Å². The van der Waals surface area contributed by atoms with E-state index in [-0.39, 0.29) is 5.91 Å². The lowest BCUT2D eigenvalue weighted by atomic mass is 10.3. The van der Waals surface area contributed by atoms with Gasteiger partial charge in [-0.1, -0.05) is 12.1 Å². The van der Waals surface area contributed by atoms with Gasteiger partial charge < -0.3 is 19.9 Å². The second-order valence-electron chi connectivity index (χ2n) is 5.56. The Morgan fingerprint density at radius 1 is 1.17 bits per heavy atom. The number of methoxy groups -OCH3 is 1. The number of para-hydroxylation sites is 2. The highest BCUT2D eigenvalue weighted by atomic mass is 16.5. The molecule has 0 radical (unpaired) electrons. The molecule has 1 aromatic carbocycles. The summed E-state index contributed by atoms with van der Waals surface area (Å²) in [6.07, 6.45) is 1.73. The fraction of sp³-hybridized carbons (Fsp3) is 0.353. The van der Waals surface area contributed by atoms with Crippen LogP contribution in [0.5, 0.6) is 5.75 Å². The smallest absolute Gasteiger partial charge is 0.227 e. The Morgan fingerprint density at radius 2 is 1.92 bits per heavy atom. The van der Waals surface area contributed by atoms with E-state index in [0.29, 0.717) is 24.9 Å². The summed E-state index contributed by atoms with van der Waals surface area (Å²) in [5.41, 5.74) is 0.853. The van der Waals surface area contributed by atoms with Gasteiger partial charge in [-0.25, -0.2) is 4.98 Å². The molecule has 0 aliphatic carbocycles. The molecule has 2 aromatic rings. The molecule has 1 aliphatic heterocycles. The average Bonchev–Trinajstić information content (AvgIpc) is 2.62. The minimum atomic E-state index is 0.113. The van der Waals surface area contributed by atoms with Gasteiger partial charge in [0.2, 0.25) is 11.9 Å². The molecule has 1 aliphatic rings. The van der Waals surface area contributed by atoms with Gasteiger partial charge in [0.05, 0.1) is 12.8 Å². The van der Waals surface area contributed by atoms with Gasteiger partial charge in [0, 0.05) is 39.3 Å². The predicted molar refractivity (Wildman–Crippen MR) is 92.8 cm³/mol. The molecule has 0 atom stereocenters. The van der Waals surface area contributed by atoms with Gasteiger partial charge in [0.25, 0.3) is 0 Å². The van der Waals surface area contributed by atoms with Gasteiger partial charge in [-0.05, 0) is 18.2 Å².